The van der Waals surface area contributed by atoms with Crippen molar-refractivity contribution >= 4 is 11.6 Å². The molecule has 0 saturated heterocycles. The topological polar surface area (TPSA) is 25.8 Å². The minimum atomic E-state index is -0.348. The van der Waals surface area contributed by atoms with E-state index < -0.39 is 0 Å². The number of hydrogen-bond acceptors (Lipinski definition) is 2. The molecule has 0 N–H and O–H groups in total. The Bertz CT molecular complexity index is 500. The van der Waals surface area contributed by atoms with Crippen LogP contribution in [0.5, 0.6) is 0 Å². The van der Waals surface area contributed by atoms with Crippen LogP contribution in [-0.4, -0.2) is 9.97 Å². The molecule has 76 valence electrons. The third-order valence-electron chi connectivity index (χ3n) is 1.96. The SMILES string of the molecule is Cc1cncc(-c2cc(Cl)ccc2F)n1. The predicted molar refractivity (Wildman–Crippen MR) is 57.2 cm³/mol. The Morgan fingerprint density at radius 1 is 1.27 bits per heavy atom. The fraction of sp³-hybridized carbons (Fsp3) is 0.0909. The van der Waals surface area contributed by atoms with Crippen LogP contribution in [0.3, 0.4) is 0 Å². The first-order valence-electron chi connectivity index (χ1n) is 4.41. The second-order valence-corrected chi connectivity index (χ2v) is 3.61. The molecule has 0 radical (unpaired) electrons. The Balaban J connectivity index is 2.58. The zero-order valence-electron chi connectivity index (χ0n) is 8.04. The van der Waals surface area contributed by atoms with Gasteiger partial charge in [0.1, 0.15) is 5.82 Å². The second-order valence-electron chi connectivity index (χ2n) is 3.17. The quantitative estimate of drug-likeness (QED) is 0.740. The van der Waals surface area contributed by atoms with Gasteiger partial charge in [0.15, 0.2) is 0 Å². The Morgan fingerprint density at radius 2 is 2.07 bits per heavy atom. The molecule has 1 aromatic heterocycles. The summed E-state index contributed by atoms with van der Waals surface area (Å²) < 4.78 is 13.5. The summed E-state index contributed by atoms with van der Waals surface area (Å²) in [5.74, 6) is -0.348. The third-order valence-corrected chi connectivity index (χ3v) is 2.19. The number of rotatable bonds is 1. The van der Waals surface area contributed by atoms with E-state index in [1.807, 2.05) is 0 Å². The third kappa shape index (κ3) is 2.13. The van der Waals surface area contributed by atoms with Crippen LogP contribution in [-0.2, 0) is 0 Å². The lowest BCUT2D eigenvalue weighted by Gasteiger charge is -2.03. The largest absolute Gasteiger partial charge is 0.261 e. The van der Waals surface area contributed by atoms with Crippen LogP contribution >= 0.6 is 11.6 Å². The number of halogens is 2. The van der Waals surface area contributed by atoms with Gasteiger partial charge in [-0.05, 0) is 25.1 Å². The molecule has 0 spiro atoms. The maximum absolute atomic E-state index is 13.5. The summed E-state index contributed by atoms with van der Waals surface area (Å²) >= 11 is 5.79. The van der Waals surface area contributed by atoms with Crippen LogP contribution in [0.1, 0.15) is 5.69 Å². The summed E-state index contributed by atoms with van der Waals surface area (Å²) in [4.78, 5) is 8.14. The Kier molecular flexibility index (Phi) is 2.64. The average Bonchev–Trinajstić information content (AvgIpc) is 2.22. The fourth-order valence-electron chi connectivity index (χ4n) is 1.29. The van der Waals surface area contributed by atoms with Gasteiger partial charge in [0.05, 0.1) is 17.6 Å². The monoisotopic (exact) mass is 222 g/mol. The van der Waals surface area contributed by atoms with Gasteiger partial charge in [0.25, 0.3) is 0 Å². The van der Waals surface area contributed by atoms with E-state index in [0.29, 0.717) is 16.3 Å². The zero-order valence-corrected chi connectivity index (χ0v) is 8.79. The molecule has 0 saturated carbocycles. The highest BCUT2D eigenvalue weighted by Gasteiger charge is 2.07. The van der Waals surface area contributed by atoms with Crippen molar-refractivity contribution in [1.82, 2.24) is 9.97 Å². The molecule has 0 amide bonds. The number of benzene rings is 1. The Labute approximate surface area is 91.8 Å². The standard InChI is InChI=1S/C11H8ClFN2/c1-7-5-14-6-11(15-7)9-4-8(12)2-3-10(9)13/h2-6H,1H3. The molecular weight excluding hydrogens is 215 g/mol. The lowest BCUT2D eigenvalue weighted by atomic mass is 10.1. The van der Waals surface area contributed by atoms with Gasteiger partial charge >= 0.3 is 0 Å². The molecule has 0 aliphatic heterocycles. The summed E-state index contributed by atoms with van der Waals surface area (Å²) in [7, 11) is 0. The summed E-state index contributed by atoms with van der Waals surface area (Å²) in [6.45, 7) is 1.80. The first-order chi connectivity index (χ1) is 7.16. The molecule has 1 aromatic carbocycles. The molecule has 4 heteroatoms. The highest BCUT2D eigenvalue weighted by molar-refractivity contribution is 6.30. The van der Waals surface area contributed by atoms with Gasteiger partial charge in [-0.1, -0.05) is 11.6 Å². The molecule has 1 heterocycles. The summed E-state index contributed by atoms with van der Waals surface area (Å²) in [6.07, 6.45) is 3.13. The van der Waals surface area contributed by atoms with Gasteiger partial charge in [-0.3, -0.25) is 4.98 Å². The summed E-state index contributed by atoms with van der Waals surface area (Å²) in [5.41, 5.74) is 1.61. The van der Waals surface area contributed by atoms with Crippen LogP contribution in [0.4, 0.5) is 4.39 Å². The molecule has 0 atom stereocenters. The zero-order chi connectivity index (χ0) is 10.8. The Morgan fingerprint density at radius 3 is 2.80 bits per heavy atom. The molecule has 0 aliphatic rings. The Hall–Kier alpha value is -1.48. The molecule has 0 fully saturated rings. The molecule has 2 rings (SSSR count). The van der Waals surface area contributed by atoms with Gasteiger partial charge < -0.3 is 0 Å². The predicted octanol–water partition coefficient (Wildman–Crippen LogP) is 3.24. The van der Waals surface area contributed by atoms with Gasteiger partial charge in [-0.15, -0.1) is 0 Å². The van der Waals surface area contributed by atoms with Crippen molar-refractivity contribution < 1.29 is 4.39 Å². The van der Waals surface area contributed by atoms with Crippen LogP contribution in [0.2, 0.25) is 5.02 Å². The molecule has 0 aliphatic carbocycles. The van der Waals surface area contributed by atoms with Crippen molar-refractivity contribution in [1.29, 1.82) is 0 Å². The van der Waals surface area contributed by atoms with Gasteiger partial charge in [-0.2, -0.15) is 0 Å². The van der Waals surface area contributed by atoms with Gasteiger partial charge in [0, 0.05) is 16.8 Å². The number of nitrogens with zero attached hydrogens (tertiary/aromatic N) is 2. The van der Waals surface area contributed by atoms with E-state index in [0.717, 1.165) is 5.69 Å². The van der Waals surface area contributed by atoms with Crippen molar-refractivity contribution in [2.75, 3.05) is 0 Å². The smallest absolute Gasteiger partial charge is 0.132 e. The molecule has 15 heavy (non-hydrogen) atoms. The van der Waals surface area contributed by atoms with Crippen molar-refractivity contribution in [2.24, 2.45) is 0 Å². The van der Waals surface area contributed by atoms with Crippen LogP contribution in [0.15, 0.2) is 30.6 Å². The van der Waals surface area contributed by atoms with Crippen LogP contribution < -0.4 is 0 Å². The maximum Gasteiger partial charge on any atom is 0.132 e. The fourth-order valence-corrected chi connectivity index (χ4v) is 1.46. The van der Waals surface area contributed by atoms with E-state index in [2.05, 4.69) is 9.97 Å². The van der Waals surface area contributed by atoms with E-state index in [9.17, 15) is 4.39 Å². The second kappa shape index (κ2) is 3.95. The molecule has 0 bridgehead atoms. The minimum absolute atomic E-state index is 0.348. The number of aromatic nitrogens is 2. The van der Waals surface area contributed by atoms with E-state index in [1.54, 1.807) is 19.2 Å². The number of hydrogen-bond donors (Lipinski definition) is 0. The number of aryl methyl sites for hydroxylation is 1. The molecule has 2 nitrogen and oxygen atoms in total. The van der Waals surface area contributed by atoms with Crippen molar-refractivity contribution in [2.45, 2.75) is 6.92 Å². The first-order valence-corrected chi connectivity index (χ1v) is 4.78. The normalized spacial score (nSPS) is 10.3. The first kappa shape index (κ1) is 10.1. The highest BCUT2D eigenvalue weighted by Crippen LogP contribution is 2.23. The summed E-state index contributed by atoms with van der Waals surface area (Å²) in [6, 6.07) is 4.37. The van der Waals surface area contributed by atoms with Crippen LogP contribution in [0, 0.1) is 12.7 Å². The van der Waals surface area contributed by atoms with Crippen molar-refractivity contribution in [3.05, 3.63) is 47.1 Å². The van der Waals surface area contributed by atoms with E-state index in [4.69, 9.17) is 11.6 Å². The lowest BCUT2D eigenvalue weighted by molar-refractivity contribution is 0.630. The van der Waals surface area contributed by atoms with E-state index >= 15 is 0 Å². The summed E-state index contributed by atoms with van der Waals surface area (Å²) in [5, 5.41) is 0.481. The van der Waals surface area contributed by atoms with E-state index in [-0.39, 0.29) is 5.82 Å². The van der Waals surface area contributed by atoms with E-state index in [1.165, 1.54) is 18.3 Å². The van der Waals surface area contributed by atoms with Crippen molar-refractivity contribution in [3.8, 4) is 11.3 Å². The van der Waals surface area contributed by atoms with Gasteiger partial charge in [-0.25, -0.2) is 9.37 Å². The molecule has 2 aromatic rings. The van der Waals surface area contributed by atoms with Crippen molar-refractivity contribution in [3.63, 3.8) is 0 Å². The molecule has 0 unspecified atom stereocenters. The van der Waals surface area contributed by atoms with Gasteiger partial charge in [0.2, 0.25) is 0 Å². The minimum Gasteiger partial charge on any atom is -0.261 e. The van der Waals surface area contributed by atoms with Crippen LogP contribution in [0.25, 0.3) is 11.3 Å². The maximum atomic E-state index is 13.5. The molecular formula is C11H8ClFN2. The lowest BCUT2D eigenvalue weighted by Crippen LogP contribution is -1.91. The average molecular weight is 223 g/mol. The highest BCUT2D eigenvalue weighted by atomic mass is 35.5.